The number of hydrogen-bond donors (Lipinski definition) is 0. The van der Waals surface area contributed by atoms with Crippen molar-refractivity contribution >= 4 is 34.2 Å². The van der Waals surface area contributed by atoms with Gasteiger partial charge in [0.1, 0.15) is 12.0 Å². The molecule has 8 nitrogen and oxygen atoms in total. The van der Waals surface area contributed by atoms with Crippen molar-refractivity contribution in [1.82, 2.24) is 29.5 Å². The van der Waals surface area contributed by atoms with Crippen LogP contribution < -0.4 is 0 Å². The van der Waals surface area contributed by atoms with E-state index in [4.69, 9.17) is 11.6 Å². The molecule has 2 aromatic heterocycles. The first-order chi connectivity index (χ1) is 16.3. The number of pyridine rings is 1. The van der Waals surface area contributed by atoms with Crippen LogP contribution in [0.5, 0.6) is 0 Å². The first-order valence-corrected chi connectivity index (χ1v) is 11.3. The summed E-state index contributed by atoms with van der Waals surface area (Å²) in [6, 6.07) is 16.8. The van der Waals surface area contributed by atoms with Gasteiger partial charge in [0, 0.05) is 36.2 Å². The van der Waals surface area contributed by atoms with Crippen molar-refractivity contribution in [2.24, 2.45) is 0 Å². The molecule has 0 spiro atoms. The Morgan fingerprint density at radius 3 is 2.50 bits per heavy atom. The summed E-state index contributed by atoms with van der Waals surface area (Å²) in [6.45, 7) is 5.02. The topological polar surface area (TPSA) is 84.2 Å². The molecule has 1 saturated heterocycles. The van der Waals surface area contributed by atoms with Gasteiger partial charge in [0.25, 0.3) is 11.8 Å². The van der Waals surface area contributed by atoms with E-state index in [1.807, 2.05) is 56.3 Å². The van der Waals surface area contributed by atoms with E-state index >= 15 is 0 Å². The van der Waals surface area contributed by atoms with Crippen molar-refractivity contribution in [2.45, 2.75) is 19.4 Å². The molecule has 172 valence electrons. The number of hydrogen-bond acceptors (Lipinski definition) is 5. The molecule has 2 aromatic carbocycles. The number of amides is 2. The minimum absolute atomic E-state index is 0.101. The lowest BCUT2D eigenvalue weighted by Crippen LogP contribution is -2.62. The molecule has 4 aromatic rings. The second-order valence-electron chi connectivity index (χ2n) is 8.91. The monoisotopic (exact) mass is 474 g/mol. The third kappa shape index (κ3) is 4.12. The highest BCUT2D eigenvalue weighted by Crippen LogP contribution is 2.25. The van der Waals surface area contributed by atoms with Gasteiger partial charge in [-0.15, -0.1) is 5.10 Å². The molecule has 1 aliphatic rings. The Labute approximate surface area is 201 Å². The van der Waals surface area contributed by atoms with Crippen molar-refractivity contribution in [3.8, 4) is 5.69 Å². The molecule has 3 heterocycles. The van der Waals surface area contributed by atoms with E-state index in [1.165, 1.54) is 11.0 Å². The van der Waals surface area contributed by atoms with E-state index in [0.29, 0.717) is 30.4 Å². The summed E-state index contributed by atoms with van der Waals surface area (Å²) >= 11 is 6.06. The summed E-state index contributed by atoms with van der Waals surface area (Å²) in [5, 5.41) is 6.88. The van der Waals surface area contributed by atoms with Crippen LogP contribution in [0.1, 0.15) is 35.0 Å². The molecule has 0 radical (unpaired) electrons. The fraction of sp³-hybridized carbons (Fsp3) is 0.240. The summed E-state index contributed by atoms with van der Waals surface area (Å²) in [5.74, 6) is -0.319. The second-order valence-corrected chi connectivity index (χ2v) is 9.34. The van der Waals surface area contributed by atoms with Crippen molar-refractivity contribution < 1.29 is 9.59 Å². The highest BCUT2D eigenvalue weighted by molar-refractivity contribution is 6.30. The van der Waals surface area contributed by atoms with Gasteiger partial charge in [-0.05, 0) is 43.5 Å². The summed E-state index contributed by atoms with van der Waals surface area (Å²) in [7, 11) is 0. The Kier molecular flexibility index (Phi) is 5.53. The number of carbonyl (C=O) groups excluding carboxylic acids is 2. The number of fused-ring (bicyclic) bond motifs is 1. The van der Waals surface area contributed by atoms with Crippen LogP contribution in [0.2, 0.25) is 5.02 Å². The van der Waals surface area contributed by atoms with Gasteiger partial charge in [-0.25, -0.2) is 9.67 Å². The van der Waals surface area contributed by atoms with Crippen LogP contribution >= 0.6 is 11.6 Å². The zero-order valence-electron chi connectivity index (χ0n) is 18.8. The lowest BCUT2D eigenvalue weighted by Gasteiger charge is -2.46. The van der Waals surface area contributed by atoms with Gasteiger partial charge in [-0.3, -0.25) is 14.6 Å². The number of aromatic nitrogens is 4. The van der Waals surface area contributed by atoms with E-state index in [1.54, 1.807) is 28.1 Å². The average Bonchev–Trinajstić information content (AvgIpc) is 3.33. The predicted octanol–water partition coefficient (Wildman–Crippen LogP) is 3.85. The Balaban J connectivity index is 1.32. The molecule has 0 saturated carbocycles. The first-order valence-electron chi connectivity index (χ1n) is 11.0. The van der Waals surface area contributed by atoms with Crippen LogP contribution in [-0.2, 0) is 0 Å². The summed E-state index contributed by atoms with van der Waals surface area (Å²) < 4.78 is 1.53. The van der Waals surface area contributed by atoms with E-state index in [2.05, 4.69) is 15.1 Å². The van der Waals surface area contributed by atoms with Crippen molar-refractivity contribution in [2.75, 3.05) is 19.6 Å². The van der Waals surface area contributed by atoms with Gasteiger partial charge in [0.2, 0.25) is 5.82 Å². The molecule has 0 atom stereocenters. The van der Waals surface area contributed by atoms with Crippen LogP contribution in [-0.4, -0.2) is 66.5 Å². The molecular formula is C25H23ClN6O2. The van der Waals surface area contributed by atoms with Gasteiger partial charge in [-0.1, -0.05) is 41.9 Å². The Bertz CT molecular complexity index is 1400. The molecule has 0 unspecified atom stereocenters. The second kappa shape index (κ2) is 8.53. The van der Waals surface area contributed by atoms with Crippen molar-refractivity contribution in [3.05, 3.63) is 83.7 Å². The highest BCUT2D eigenvalue weighted by atomic mass is 35.5. The van der Waals surface area contributed by atoms with Crippen LogP contribution in [0.4, 0.5) is 0 Å². The third-order valence-electron chi connectivity index (χ3n) is 6.04. The number of halogens is 1. The zero-order chi connectivity index (χ0) is 23.9. The maximum Gasteiger partial charge on any atom is 0.294 e. The summed E-state index contributed by atoms with van der Waals surface area (Å²) in [4.78, 5) is 38.5. The van der Waals surface area contributed by atoms with Gasteiger partial charge in [0.15, 0.2) is 0 Å². The maximum absolute atomic E-state index is 13.3. The standard InChI is InChI=1S/C25H23ClN6O2/c1-25(2)15-30(23(33)21-12-17-6-3-4-7-18(17)14-27-21)10-11-31(25)24(34)22-28-16-32(29-22)20-9-5-8-19(26)13-20/h3-9,12-14,16H,10-11,15H2,1-2H3. The van der Waals surface area contributed by atoms with Crippen LogP contribution in [0, 0.1) is 0 Å². The molecule has 0 aliphatic carbocycles. The van der Waals surface area contributed by atoms with Crippen molar-refractivity contribution in [3.63, 3.8) is 0 Å². The van der Waals surface area contributed by atoms with E-state index in [0.717, 1.165) is 16.5 Å². The Morgan fingerprint density at radius 2 is 1.74 bits per heavy atom. The Morgan fingerprint density at radius 1 is 0.941 bits per heavy atom. The Hall–Kier alpha value is -3.78. The molecule has 1 fully saturated rings. The normalized spacial score (nSPS) is 15.5. The first kappa shape index (κ1) is 22.0. The van der Waals surface area contributed by atoms with Crippen molar-refractivity contribution in [1.29, 1.82) is 0 Å². The molecule has 34 heavy (non-hydrogen) atoms. The van der Waals surface area contributed by atoms with Gasteiger partial charge in [-0.2, -0.15) is 0 Å². The number of nitrogens with zero attached hydrogens (tertiary/aromatic N) is 6. The minimum atomic E-state index is -0.608. The highest BCUT2D eigenvalue weighted by Gasteiger charge is 2.40. The molecule has 2 amide bonds. The summed E-state index contributed by atoms with van der Waals surface area (Å²) in [5.41, 5.74) is 0.511. The lowest BCUT2D eigenvalue weighted by molar-refractivity contribution is 0.0158. The zero-order valence-corrected chi connectivity index (χ0v) is 19.6. The van der Waals surface area contributed by atoms with Gasteiger partial charge < -0.3 is 9.80 Å². The largest absolute Gasteiger partial charge is 0.333 e. The number of benzene rings is 2. The fourth-order valence-corrected chi connectivity index (χ4v) is 4.48. The van der Waals surface area contributed by atoms with Crippen LogP contribution in [0.25, 0.3) is 16.5 Å². The fourth-order valence-electron chi connectivity index (χ4n) is 4.29. The van der Waals surface area contributed by atoms with E-state index in [-0.39, 0.29) is 17.6 Å². The smallest absolute Gasteiger partial charge is 0.294 e. The van der Waals surface area contributed by atoms with Gasteiger partial charge in [0.05, 0.1) is 11.2 Å². The maximum atomic E-state index is 13.3. The molecule has 0 N–H and O–H groups in total. The predicted molar refractivity (Wildman–Crippen MR) is 129 cm³/mol. The number of rotatable bonds is 3. The molecule has 5 rings (SSSR count). The molecular weight excluding hydrogens is 452 g/mol. The average molecular weight is 475 g/mol. The van der Waals surface area contributed by atoms with E-state index in [9.17, 15) is 9.59 Å². The van der Waals surface area contributed by atoms with Crippen LogP contribution in [0.15, 0.2) is 67.1 Å². The lowest BCUT2D eigenvalue weighted by atomic mass is 9.98. The van der Waals surface area contributed by atoms with E-state index < -0.39 is 5.54 Å². The molecule has 0 bridgehead atoms. The van der Waals surface area contributed by atoms with Gasteiger partial charge >= 0.3 is 0 Å². The molecule has 9 heteroatoms. The molecule has 1 aliphatic heterocycles. The minimum Gasteiger partial charge on any atom is -0.333 e. The summed E-state index contributed by atoms with van der Waals surface area (Å²) in [6.07, 6.45) is 3.21. The SMILES string of the molecule is CC1(C)CN(C(=O)c2cc3ccccc3cn2)CCN1C(=O)c1ncn(-c2cccc(Cl)c2)n1. The third-order valence-corrected chi connectivity index (χ3v) is 6.28. The number of piperazine rings is 1. The van der Waals surface area contributed by atoms with Crippen LogP contribution in [0.3, 0.4) is 0 Å². The quantitative estimate of drug-likeness (QED) is 0.450. The number of carbonyl (C=O) groups is 2.